The molecule has 100 valence electrons. The van der Waals surface area contributed by atoms with Gasteiger partial charge in [-0.25, -0.2) is 4.98 Å². The standard InChI is InChI=1S/C13H8N2O3S2/c16-12(10-2-1-3-19-10)15-13-14-7-4-8-9(18-6-17-8)5-11(7)20-13/h1-5H,6H2,(H,14,15,16). The SMILES string of the molecule is O=C(Nc1nc2cc3c(cc2s1)OCO3)c1cccs1. The van der Waals surface area contributed by atoms with Gasteiger partial charge in [-0.1, -0.05) is 17.4 Å². The molecule has 1 aliphatic rings. The normalized spacial score (nSPS) is 12.8. The van der Waals surface area contributed by atoms with Crippen molar-refractivity contribution in [3.05, 3.63) is 34.5 Å². The van der Waals surface area contributed by atoms with Crippen LogP contribution in [-0.2, 0) is 0 Å². The molecule has 0 unspecified atom stereocenters. The Kier molecular flexibility index (Phi) is 2.61. The fourth-order valence-electron chi connectivity index (χ4n) is 1.94. The van der Waals surface area contributed by atoms with Gasteiger partial charge in [0.1, 0.15) is 0 Å². The molecule has 0 saturated carbocycles. The summed E-state index contributed by atoms with van der Waals surface area (Å²) in [6, 6.07) is 7.34. The molecule has 1 N–H and O–H groups in total. The number of nitrogens with one attached hydrogen (secondary N) is 1. The Bertz CT molecular complexity index is 754. The van der Waals surface area contributed by atoms with E-state index in [1.165, 1.54) is 22.7 Å². The van der Waals surface area contributed by atoms with E-state index < -0.39 is 0 Å². The highest BCUT2D eigenvalue weighted by atomic mass is 32.1. The Labute approximate surface area is 121 Å². The number of fused-ring (bicyclic) bond motifs is 2. The van der Waals surface area contributed by atoms with Gasteiger partial charge in [0.15, 0.2) is 16.6 Å². The molecule has 0 bridgehead atoms. The summed E-state index contributed by atoms with van der Waals surface area (Å²) in [5.74, 6) is 1.27. The lowest BCUT2D eigenvalue weighted by Crippen LogP contribution is -2.09. The number of carbonyl (C=O) groups is 1. The Morgan fingerprint density at radius 3 is 2.95 bits per heavy atom. The van der Waals surface area contributed by atoms with Crippen LogP contribution in [0.3, 0.4) is 0 Å². The number of ether oxygens (including phenoxy) is 2. The maximum atomic E-state index is 12.0. The monoisotopic (exact) mass is 304 g/mol. The fraction of sp³-hybridized carbons (Fsp3) is 0.0769. The Hall–Kier alpha value is -2.12. The van der Waals surface area contributed by atoms with E-state index in [2.05, 4.69) is 10.3 Å². The summed E-state index contributed by atoms with van der Waals surface area (Å²) in [6.45, 7) is 0.245. The minimum atomic E-state index is -0.140. The molecule has 3 aromatic rings. The lowest BCUT2D eigenvalue weighted by atomic mass is 10.3. The van der Waals surface area contributed by atoms with Crippen molar-refractivity contribution in [1.82, 2.24) is 4.98 Å². The van der Waals surface area contributed by atoms with Gasteiger partial charge < -0.3 is 9.47 Å². The zero-order valence-corrected chi connectivity index (χ0v) is 11.7. The molecule has 0 spiro atoms. The molecular formula is C13H8N2O3S2. The third-order valence-corrected chi connectivity index (χ3v) is 4.65. The maximum Gasteiger partial charge on any atom is 0.267 e. The molecule has 7 heteroatoms. The smallest absolute Gasteiger partial charge is 0.267 e. The molecule has 4 rings (SSSR count). The van der Waals surface area contributed by atoms with Gasteiger partial charge in [0.25, 0.3) is 5.91 Å². The number of carbonyl (C=O) groups excluding carboxylic acids is 1. The predicted octanol–water partition coefficient (Wildman–Crippen LogP) is 3.34. The van der Waals surface area contributed by atoms with Crippen LogP contribution in [0.15, 0.2) is 29.6 Å². The van der Waals surface area contributed by atoms with Gasteiger partial charge in [0.2, 0.25) is 6.79 Å². The van der Waals surface area contributed by atoms with Crippen LogP contribution in [0.25, 0.3) is 10.2 Å². The van der Waals surface area contributed by atoms with Gasteiger partial charge in [0, 0.05) is 12.1 Å². The molecule has 0 atom stereocenters. The third kappa shape index (κ3) is 1.91. The predicted molar refractivity (Wildman–Crippen MR) is 78.0 cm³/mol. The van der Waals surface area contributed by atoms with Crippen LogP contribution in [0.5, 0.6) is 11.5 Å². The van der Waals surface area contributed by atoms with Crippen molar-refractivity contribution < 1.29 is 14.3 Å². The minimum Gasteiger partial charge on any atom is -0.454 e. The number of benzene rings is 1. The summed E-state index contributed by atoms with van der Waals surface area (Å²) >= 11 is 2.81. The van der Waals surface area contributed by atoms with Gasteiger partial charge in [-0.2, -0.15) is 0 Å². The molecule has 1 aromatic carbocycles. The number of thiophene rings is 1. The average molecular weight is 304 g/mol. The zero-order valence-electron chi connectivity index (χ0n) is 10.1. The fourth-order valence-corrected chi connectivity index (χ4v) is 3.43. The summed E-state index contributed by atoms with van der Waals surface area (Å²) in [5, 5.41) is 5.24. The van der Waals surface area contributed by atoms with E-state index in [9.17, 15) is 4.79 Å². The number of rotatable bonds is 2. The van der Waals surface area contributed by atoms with Crippen molar-refractivity contribution >= 4 is 43.9 Å². The maximum absolute atomic E-state index is 12.0. The second kappa shape index (κ2) is 4.46. The van der Waals surface area contributed by atoms with E-state index in [0.29, 0.717) is 15.8 Å². The van der Waals surface area contributed by atoms with Crippen LogP contribution >= 0.6 is 22.7 Å². The second-order valence-electron chi connectivity index (χ2n) is 4.12. The van der Waals surface area contributed by atoms with E-state index in [1.54, 1.807) is 6.07 Å². The topological polar surface area (TPSA) is 60.5 Å². The summed E-state index contributed by atoms with van der Waals surface area (Å²) in [5.41, 5.74) is 0.792. The third-order valence-electron chi connectivity index (χ3n) is 2.85. The highest BCUT2D eigenvalue weighted by Crippen LogP contribution is 2.39. The van der Waals surface area contributed by atoms with Crippen LogP contribution < -0.4 is 14.8 Å². The first-order chi connectivity index (χ1) is 9.79. The average Bonchev–Trinajstić information content (AvgIpc) is 3.15. The largest absolute Gasteiger partial charge is 0.454 e. The molecule has 0 saturated heterocycles. The van der Waals surface area contributed by atoms with Gasteiger partial charge in [0.05, 0.1) is 15.1 Å². The van der Waals surface area contributed by atoms with E-state index in [1.807, 2.05) is 23.6 Å². The molecular weight excluding hydrogens is 296 g/mol. The minimum absolute atomic E-state index is 0.140. The van der Waals surface area contributed by atoms with Crippen LogP contribution in [-0.4, -0.2) is 17.7 Å². The second-order valence-corrected chi connectivity index (χ2v) is 6.10. The number of hydrogen-bond donors (Lipinski definition) is 1. The summed E-state index contributed by atoms with van der Waals surface area (Å²) in [6.07, 6.45) is 0. The molecule has 2 aromatic heterocycles. The van der Waals surface area contributed by atoms with E-state index in [-0.39, 0.29) is 12.7 Å². The first-order valence-corrected chi connectivity index (χ1v) is 7.54. The van der Waals surface area contributed by atoms with E-state index in [0.717, 1.165) is 16.0 Å². The molecule has 0 aliphatic carbocycles. The first-order valence-electron chi connectivity index (χ1n) is 5.85. The quantitative estimate of drug-likeness (QED) is 0.789. The number of thiazole rings is 1. The molecule has 20 heavy (non-hydrogen) atoms. The number of nitrogens with zero attached hydrogens (tertiary/aromatic N) is 1. The van der Waals surface area contributed by atoms with E-state index in [4.69, 9.17) is 9.47 Å². The van der Waals surface area contributed by atoms with Crippen LogP contribution in [0, 0.1) is 0 Å². The first kappa shape index (κ1) is 11.7. The molecule has 1 aliphatic heterocycles. The Balaban J connectivity index is 1.66. The Morgan fingerprint density at radius 2 is 2.15 bits per heavy atom. The number of hydrogen-bond acceptors (Lipinski definition) is 6. The Morgan fingerprint density at radius 1 is 1.30 bits per heavy atom. The van der Waals surface area contributed by atoms with Gasteiger partial charge in [-0.05, 0) is 11.4 Å². The summed E-state index contributed by atoms with van der Waals surface area (Å²) < 4.78 is 11.6. The highest BCUT2D eigenvalue weighted by Gasteiger charge is 2.17. The highest BCUT2D eigenvalue weighted by molar-refractivity contribution is 7.22. The van der Waals surface area contributed by atoms with Crippen molar-refractivity contribution in [2.24, 2.45) is 0 Å². The van der Waals surface area contributed by atoms with Gasteiger partial charge in [-0.3, -0.25) is 10.1 Å². The van der Waals surface area contributed by atoms with E-state index >= 15 is 0 Å². The van der Waals surface area contributed by atoms with Crippen molar-refractivity contribution in [1.29, 1.82) is 0 Å². The molecule has 3 heterocycles. The van der Waals surface area contributed by atoms with Crippen LogP contribution in [0.1, 0.15) is 9.67 Å². The zero-order chi connectivity index (χ0) is 13.5. The van der Waals surface area contributed by atoms with Gasteiger partial charge >= 0.3 is 0 Å². The molecule has 0 fully saturated rings. The molecule has 5 nitrogen and oxygen atoms in total. The summed E-state index contributed by atoms with van der Waals surface area (Å²) in [7, 11) is 0. The van der Waals surface area contributed by atoms with Crippen LogP contribution in [0.2, 0.25) is 0 Å². The molecule has 0 radical (unpaired) electrons. The lowest BCUT2D eigenvalue weighted by Gasteiger charge is -1.96. The number of amides is 1. The van der Waals surface area contributed by atoms with Crippen molar-refractivity contribution in [2.45, 2.75) is 0 Å². The number of anilines is 1. The van der Waals surface area contributed by atoms with Crippen LogP contribution in [0.4, 0.5) is 5.13 Å². The van der Waals surface area contributed by atoms with Crippen molar-refractivity contribution in [3.63, 3.8) is 0 Å². The van der Waals surface area contributed by atoms with Gasteiger partial charge in [-0.15, -0.1) is 11.3 Å². The number of aromatic nitrogens is 1. The molecule has 1 amide bonds. The lowest BCUT2D eigenvalue weighted by molar-refractivity contribution is 0.103. The van der Waals surface area contributed by atoms with Crippen molar-refractivity contribution in [2.75, 3.05) is 12.1 Å². The summed E-state index contributed by atoms with van der Waals surface area (Å²) in [4.78, 5) is 17.0. The van der Waals surface area contributed by atoms with Crippen molar-refractivity contribution in [3.8, 4) is 11.5 Å².